The van der Waals surface area contributed by atoms with Crippen LogP contribution in [0.25, 0.3) is 22.3 Å². The Morgan fingerprint density at radius 3 is 2.26 bits per heavy atom. The molecular weight excluding hydrogens is 951 g/mol. The first-order valence-corrected chi connectivity index (χ1v) is 27.3. The van der Waals surface area contributed by atoms with E-state index in [4.69, 9.17) is 22.9 Å². The van der Waals surface area contributed by atoms with E-state index in [1.807, 2.05) is 6.92 Å². The van der Waals surface area contributed by atoms with Gasteiger partial charge in [0.25, 0.3) is 11.5 Å². The SMILES string of the molecule is CC[C@H]1S[C@@H](n2cnc3c(=O)[nH]c(NC(=O)C(C)C)nc32)[C@H](OP(O)OC[C@H]2O[C@@H](n3cnc4c(NC(=O)c5ccccc5)ncnc43)[C@@H](F)[C@@H]2OC(=O)c2ccccc2)[C@@H]1O[Si](C)(C)C(C)(C)C. The van der Waals surface area contributed by atoms with Crippen LogP contribution in [0.5, 0.6) is 0 Å². The maximum Gasteiger partial charge on any atom is 0.338 e. The van der Waals surface area contributed by atoms with Gasteiger partial charge in [0.15, 0.2) is 55.0 Å². The van der Waals surface area contributed by atoms with Crippen molar-refractivity contribution in [3.63, 3.8) is 0 Å². The van der Waals surface area contributed by atoms with Gasteiger partial charge >= 0.3 is 14.6 Å². The van der Waals surface area contributed by atoms with Crippen LogP contribution >= 0.6 is 20.4 Å². The fourth-order valence-electron chi connectivity index (χ4n) is 7.59. The van der Waals surface area contributed by atoms with E-state index in [1.165, 1.54) is 47.4 Å². The molecule has 4 N–H and O–H groups in total. The molecule has 0 saturated carbocycles. The summed E-state index contributed by atoms with van der Waals surface area (Å²) in [7, 11) is -5.32. The fourth-order valence-corrected chi connectivity index (χ4v) is 11.5. The molecule has 0 aliphatic carbocycles. The van der Waals surface area contributed by atoms with Crippen LogP contribution in [0.15, 0.2) is 84.4 Å². The highest BCUT2D eigenvalue weighted by molar-refractivity contribution is 8.00. The second-order valence-electron chi connectivity index (χ2n) is 18.4. The number of rotatable bonds is 16. The van der Waals surface area contributed by atoms with Crippen molar-refractivity contribution in [1.29, 1.82) is 0 Å². The molecule has 2 aliphatic heterocycles. The lowest BCUT2D eigenvalue weighted by Gasteiger charge is -2.41. The second-order valence-corrected chi connectivity index (χ2v) is 25.5. The van der Waals surface area contributed by atoms with Crippen LogP contribution in [0.1, 0.15) is 80.3 Å². The topological polar surface area (TPSA) is 249 Å². The molecule has 69 heavy (non-hydrogen) atoms. The average molecular weight is 1010 g/mol. The molecule has 6 heterocycles. The molecule has 0 radical (unpaired) electrons. The molecule has 2 aromatic carbocycles. The number of benzene rings is 2. The molecule has 20 nitrogen and oxygen atoms in total. The third-order valence-corrected chi connectivity index (χ3v) is 19.4. The number of hydrogen-bond acceptors (Lipinski definition) is 16. The average Bonchev–Trinajstić information content (AvgIpc) is 4.10. The van der Waals surface area contributed by atoms with E-state index in [-0.39, 0.29) is 55.9 Å². The van der Waals surface area contributed by atoms with Gasteiger partial charge in [0.1, 0.15) is 23.9 Å². The van der Waals surface area contributed by atoms with Crippen LogP contribution in [0.4, 0.5) is 16.2 Å². The van der Waals surface area contributed by atoms with Gasteiger partial charge in [-0.15, -0.1) is 11.8 Å². The molecular formula is C45H54FN10O10PSSi. The summed E-state index contributed by atoms with van der Waals surface area (Å²) in [4.78, 5) is 88.6. The third-order valence-electron chi connectivity index (χ3n) is 12.4. The summed E-state index contributed by atoms with van der Waals surface area (Å²) in [5, 5.41) is 4.31. The Balaban J connectivity index is 1.08. The molecule has 4 aromatic heterocycles. The van der Waals surface area contributed by atoms with Crippen LogP contribution in [-0.4, -0.2) is 112 Å². The Kier molecular flexibility index (Phi) is 14.8. The number of nitrogens with zero attached hydrogens (tertiary/aromatic N) is 7. The number of alkyl halides is 1. The Labute approximate surface area is 402 Å². The summed E-state index contributed by atoms with van der Waals surface area (Å²) in [6, 6.07) is 16.6. The zero-order valence-corrected chi connectivity index (χ0v) is 41.8. The minimum atomic E-state index is -2.80. The predicted octanol–water partition coefficient (Wildman–Crippen LogP) is 7.30. The van der Waals surface area contributed by atoms with Gasteiger partial charge in [-0.1, -0.05) is 77.9 Å². The number of amides is 2. The van der Waals surface area contributed by atoms with Gasteiger partial charge in [0, 0.05) is 16.7 Å². The number of carbonyl (C=O) groups excluding carboxylic acids is 3. The zero-order chi connectivity index (χ0) is 49.4. The summed E-state index contributed by atoms with van der Waals surface area (Å²) in [5.74, 6) is -1.99. The third kappa shape index (κ3) is 10.5. The normalized spacial score (nSPS) is 23.4. The number of nitrogens with one attached hydrogen (secondary N) is 3. The van der Waals surface area contributed by atoms with E-state index < -0.39 is 89.1 Å². The Morgan fingerprint density at radius 1 is 0.928 bits per heavy atom. The lowest BCUT2D eigenvalue weighted by atomic mass is 10.1. The number of thioether (sulfide) groups is 1. The van der Waals surface area contributed by atoms with Gasteiger partial charge in [-0.3, -0.25) is 33.8 Å². The lowest BCUT2D eigenvalue weighted by molar-refractivity contribution is -0.118. The molecule has 2 aliphatic rings. The van der Waals surface area contributed by atoms with Crippen LogP contribution in [0, 0.1) is 5.92 Å². The van der Waals surface area contributed by atoms with E-state index in [9.17, 15) is 24.1 Å². The molecule has 9 atom stereocenters. The van der Waals surface area contributed by atoms with Crippen molar-refractivity contribution in [2.75, 3.05) is 17.2 Å². The van der Waals surface area contributed by atoms with Crippen molar-refractivity contribution in [3.05, 3.63) is 101 Å². The summed E-state index contributed by atoms with van der Waals surface area (Å²) < 4.78 is 51.6. The largest absolute Gasteiger partial charge is 0.453 e. The highest BCUT2D eigenvalue weighted by Gasteiger charge is 2.53. The first-order chi connectivity index (χ1) is 32.8. The molecule has 1 unspecified atom stereocenters. The quantitative estimate of drug-likeness (QED) is 0.0422. The van der Waals surface area contributed by atoms with E-state index in [0.29, 0.717) is 12.0 Å². The molecule has 2 fully saturated rings. The van der Waals surface area contributed by atoms with Gasteiger partial charge in [-0.05, 0) is 48.8 Å². The van der Waals surface area contributed by atoms with E-state index >= 15 is 4.39 Å². The molecule has 2 amide bonds. The van der Waals surface area contributed by atoms with Gasteiger partial charge in [0.05, 0.1) is 30.9 Å². The van der Waals surface area contributed by atoms with E-state index in [2.05, 4.69) is 74.4 Å². The number of aromatic amines is 1. The Bertz CT molecular complexity index is 2870. The van der Waals surface area contributed by atoms with Gasteiger partial charge in [-0.25, -0.2) is 29.1 Å². The monoisotopic (exact) mass is 1000 g/mol. The number of ether oxygens (including phenoxy) is 2. The molecule has 366 valence electrons. The summed E-state index contributed by atoms with van der Waals surface area (Å²) in [5.41, 5.74) is 0.431. The predicted molar refractivity (Wildman–Crippen MR) is 259 cm³/mol. The number of carbonyl (C=O) groups is 3. The number of imidazole rings is 2. The number of anilines is 2. The number of halogens is 1. The first kappa shape index (κ1) is 49.9. The number of esters is 1. The fraction of sp³-hybridized carbons (Fsp3) is 0.444. The van der Waals surface area contributed by atoms with Crippen molar-refractivity contribution in [2.24, 2.45) is 5.92 Å². The summed E-state index contributed by atoms with van der Waals surface area (Å²) in [6.07, 6.45) is -3.32. The van der Waals surface area contributed by atoms with Crippen molar-refractivity contribution in [2.45, 2.75) is 114 Å². The number of hydrogen-bond donors (Lipinski definition) is 4. The second kappa shape index (κ2) is 20.4. The zero-order valence-electron chi connectivity index (χ0n) is 39.1. The molecule has 8 rings (SSSR count). The molecule has 0 bridgehead atoms. The van der Waals surface area contributed by atoms with Gasteiger partial charge in [0.2, 0.25) is 11.9 Å². The standard InChI is InChI=1S/C45H54FN10O10PSSi/c1-9-28-33(66-69(7,8)45(4,5)6)34(42(68-28)56-23-50-31-37(56)52-44(54-40(31)59)53-38(57)24(2)3)65-67(61)62-20-27-32(64-43(60)26-18-14-11-15-19-26)29(46)41(63-27)55-22-49-30-35(47-21-48-36(30)55)51-39(58)25-16-12-10-13-17-25/h10-19,21-24,27-29,32-34,41-42,61H,9,20H2,1-8H3,(H,47,48,51,58)(H2,52,53,54,57,59)/t27-,28-,29+,32-,33-,34-,41-,42-,67?/m1/s1. The van der Waals surface area contributed by atoms with Gasteiger partial charge < -0.3 is 33.2 Å². The number of aromatic nitrogens is 8. The summed E-state index contributed by atoms with van der Waals surface area (Å²) in [6.45, 7) is 15.5. The van der Waals surface area contributed by atoms with E-state index in [0.717, 1.165) is 0 Å². The highest BCUT2D eigenvalue weighted by atomic mass is 32.2. The van der Waals surface area contributed by atoms with Crippen molar-refractivity contribution in [3.8, 4) is 0 Å². The molecule has 24 heteroatoms. The number of H-pyrrole nitrogens is 1. The van der Waals surface area contributed by atoms with Crippen molar-refractivity contribution >= 4 is 80.6 Å². The maximum atomic E-state index is 17.0. The van der Waals surface area contributed by atoms with Crippen LogP contribution < -0.4 is 16.2 Å². The smallest absolute Gasteiger partial charge is 0.338 e. The van der Waals surface area contributed by atoms with Crippen LogP contribution in [0.2, 0.25) is 18.1 Å². The van der Waals surface area contributed by atoms with Crippen LogP contribution in [-0.2, 0) is 27.7 Å². The molecule has 6 aromatic rings. The number of fused-ring (bicyclic) bond motifs is 2. The maximum absolute atomic E-state index is 17.0. The Morgan fingerprint density at radius 2 is 1.59 bits per heavy atom. The van der Waals surface area contributed by atoms with Crippen molar-refractivity contribution in [1.82, 2.24) is 39.0 Å². The Hall–Kier alpha value is -5.52. The molecule has 2 saturated heterocycles. The van der Waals surface area contributed by atoms with E-state index in [1.54, 1.807) is 66.9 Å². The molecule has 0 spiro atoms. The highest BCUT2D eigenvalue weighted by Crippen LogP contribution is 2.53. The minimum Gasteiger partial charge on any atom is -0.453 e. The minimum absolute atomic E-state index is 0.0244. The van der Waals surface area contributed by atoms with Gasteiger partial charge in [-0.2, -0.15) is 4.98 Å². The summed E-state index contributed by atoms with van der Waals surface area (Å²) >= 11 is 1.50. The van der Waals surface area contributed by atoms with Crippen molar-refractivity contribution < 1.29 is 46.6 Å². The lowest BCUT2D eigenvalue weighted by Crippen LogP contribution is -2.49. The first-order valence-electron chi connectivity index (χ1n) is 22.3. The van der Waals surface area contributed by atoms with Crippen LogP contribution in [0.3, 0.4) is 0 Å².